The van der Waals surface area contributed by atoms with Gasteiger partial charge in [0.2, 0.25) is 0 Å². The van der Waals surface area contributed by atoms with Crippen molar-refractivity contribution in [3.8, 4) is 5.75 Å². The van der Waals surface area contributed by atoms with Crippen LogP contribution in [0.4, 0.5) is 0 Å². The lowest BCUT2D eigenvalue weighted by Crippen LogP contribution is -2.71. The number of ketones is 1. The molecule has 5 rings (SSSR count). The van der Waals surface area contributed by atoms with Gasteiger partial charge < -0.3 is 19.9 Å². The number of aliphatic imine (C=N–C) groups is 1. The van der Waals surface area contributed by atoms with Crippen molar-refractivity contribution in [1.29, 1.82) is 0 Å². The topological polar surface area (TPSA) is 83.1 Å². The third-order valence-corrected chi connectivity index (χ3v) is 7.30. The van der Waals surface area contributed by atoms with Crippen LogP contribution in [0, 0.1) is 5.41 Å². The molecule has 7 heteroatoms. The summed E-state index contributed by atoms with van der Waals surface area (Å²) in [6, 6.07) is 9.86. The minimum atomic E-state index is -0.672. The second-order valence-electron chi connectivity index (χ2n) is 8.19. The van der Waals surface area contributed by atoms with Gasteiger partial charge in [-0.2, -0.15) is 0 Å². The van der Waals surface area contributed by atoms with Gasteiger partial charge in [0.15, 0.2) is 5.78 Å². The summed E-state index contributed by atoms with van der Waals surface area (Å²) >= 11 is 1.46. The van der Waals surface area contributed by atoms with Crippen LogP contribution in [-0.4, -0.2) is 37.2 Å². The minimum absolute atomic E-state index is 0.105. The van der Waals surface area contributed by atoms with Gasteiger partial charge >= 0.3 is 0 Å². The molecule has 1 fully saturated rings. The zero-order valence-electron chi connectivity index (χ0n) is 15.9. The Bertz CT molecular complexity index is 978. The molecule has 1 atom stereocenters. The fourth-order valence-electron chi connectivity index (χ4n) is 4.64. The van der Waals surface area contributed by atoms with E-state index in [4.69, 9.17) is 24.9 Å². The van der Waals surface area contributed by atoms with Crippen molar-refractivity contribution in [2.24, 2.45) is 16.1 Å². The monoisotopic (exact) mass is 398 g/mol. The normalized spacial score (nSPS) is 26.1. The van der Waals surface area contributed by atoms with E-state index in [1.807, 2.05) is 35.7 Å². The van der Waals surface area contributed by atoms with E-state index in [2.05, 4.69) is 13.8 Å². The van der Waals surface area contributed by atoms with Crippen LogP contribution < -0.4 is 10.5 Å². The Morgan fingerprint density at radius 1 is 1.25 bits per heavy atom. The number of amidine groups is 1. The summed E-state index contributed by atoms with van der Waals surface area (Å²) in [4.78, 5) is 18.1. The minimum Gasteiger partial charge on any atom is -0.487 e. The molecular weight excluding hydrogens is 376 g/mol. The van der Waals surface area contributed by atoms with Gasteiger partial charge in [0.05, 0.1) is 23.5 Å². The van der Waals surface area contributed by atoms with Crippen LogP contribution in [0.1, 0.15) is 34.6 Å². The highest BCUT2D eigenvalue weighted by Crippen LogP contribution is 2.62. The molecule has 0 aliphatic carbocycles. The Morgan fingerprint density at radius 2 is 2.07 bits per heavy atom. The first kappa shape index (κ1) is 17.7. The Kier molecular flexibility index (Phi) is 3.67. The number of thiophene rings is 1. The number of nitrogens with zero attached hydrogens (tertiary/aromatic N) is 1. The molecule has 4 heterocycles. The van der Waals surface area contributed by atoms with Crippen LogP contribution in [-0.2, 0) is 21.4 Å². The molecule has 1 unspecified atom stereocenters. The molecule has 0 radical (unpaired) electrons. The molecule has 2 aromatic rings. The Hall–Kier alpha value is -2.38. The highest BCUT2D eigenvalue weighted by molar-refractivity contribution is 7.12. The van der Waals surface area contributed by atoms with E-state index in [1.165, 1.54) is 11.3 Å². The molecule has 0 saturated carbocycles. The van der Waals surface area contributed by atoms with Gasteiger partial charge in [-0.3, -0.25) is 4.79 Å². The van der Waals surface area contributed by atoms with E-state index in [1.54, 1.807) is 0 Å². The largest absolute Gasteiger partial charge is 0.487 e. The average molecular weight is 398 g/mol. The van der Waals surface area contributed by atoms with Crippen LogP contribution in [0.3, 0.4) is 0 Å². The molecule has 0 bridgehead atoms. The fraction of sp³-hybridized carbons (Fsp3) is 0.429. The number of hydrogen-bond acceptors (Lipinski definition) is 7. The maximum Gasteiger partial charge on any atom is 0.283 e. The quantitative estimate of drug-likeness (QED) is 0.804. The van der Waals surface area contributed by atoms with E-state index < -0.39 is 11.1 Å². The molecule has 6 nitrogen and oxygen atoms in total. The van der Waals surface area contributed by atoms with E-state index in [-0.39, 0.29) is 17.2 Å². The number of nitrogens with two attached hydrogens (primary N) is 1. The van der Waals surface area contributed by atoms with Crippen LogP contribution >= 0.6 is 11.3 Å². The number of carbonyl (C=O) groups is 1. The van der Waals surface area contributed by atoms with Gasteiger partial charge in [0.25, 0.3) is 6.02 Å². The predicted molar refractivity (Wildman–Crippen MR) is 106 cm³/mol. The molecule has 3 aliphatic rings. The number of benzene rings is 1. The molecule has 1 aromatic carbocycles. The van der Waals surface area contributed by atoms with Crippen molar-refractivity contribution in [3.63, 3.8) is 0 Å². The maximum atomic E-state index is 12.6. The number of rotatable bonds is 3. The van der Waals surface area contributed by atoms with Gasteiger partial charge in [-0.1, -0.05) is 12.1 Å². The molecule has 0 amide bonds. The summed E-state index contributed by atoms with van der Waals surface area (Å²) in [6.45, 7) is 5.54. The van der Waals surface area contributed by atoms with Crippen molar-refractivity contribution in [2.45, 2.75) is 31.4 Å². The van der Waals surface area contributed by atoms with Crippen molar-refractivity contribution in [1.82, 2.24) is 0 Å². The first-order valence-electron chi connectivity index (χ1n) is 9.32. The highest BCUT2D eigenvalue weighted by Gasteiger charge is 2.71. The molecule has 3 aliphatic heterocycles. The lowest BCUT2D eigenvalue weighted by atomic mass is 9.55. The first-order valence-corrected chi connectivity index (χ1v) is 10.2. The van der Waals surface area contributed by atoms with Gasteiger partial charge in [-0.25, -0.2) is 4.99 Å². The standard InChI is InChI=1S/C21H22N2O4S/c1-19(2)20(10-25-11-20)21(12-26-18(22)23-21)14-8-13(5-6-16(14)27-19)9-15(24)17-4-3-7-28-17/h3-8H,9-12H2,1-2H3,(H2,22,23). The summed E-state index contributed by atoms with van der Waals surface area (Å²) < 4.78 is 17.7. The highest BCUT2D eigenvalue weighted by atomic mass is 32.1. The van der Waals surface area contributed by atoms with Crippen molar-refractivity contribution >= 4 is 23.1 Å². The predicted octanol–water partition coefficient (Wildman–Crippen LogP) is 2.90. The Balaban J connectivity index is 1.61. The van der Waals surface area contributed by atoms with E-state index in [0.717, 1.165) is 21.8 Å². The molecule has 2 N–H and O–H groups in total. The van der Waals surface area contributed by atoms with Gasteiger partial charge in [0, 0.05) is 12.0 Å². The first-order chi connectivity index (χ1) is 13.4. The Morgan fingerprint density at radius 3 is 2.68 bits per heavy atom. The summed E-state index contributed by atoms with van der Waals surface area (Å²) in [5, 5.41) is 1.92. The Labute approximate surface area is 167 Å². The second kappa shape index (κ2) is 5.81. The number of fused-ring (bicyclic) bond motifs is 3. The van der Waals surface area contributed by atoms with Gasteiger partial charge in [-0.15, -0.1) is 11.3 Å². The zero-order valence-corrected chi connectivity index (χ0v) is 16.7. The molecule has 28 heavy (non-hydrogen) atoms. The van der Waals surface area contributed by atoms with Crippen LogP contribution in [0.2, 0.25) is 0 Å². The van der Waals surface area contributed by atoms with E-state index in [0.29, 0.717) is 26.2 Å². The number of Topliss-reactive ketones (excluding diaryl/α,β-unsaturated/α-hetero) is 1. The van der Waals surface area contributed by atoms with Crippen molar-refractivity contribution in [2.75, 3.05) is 19.8 Å². The van der Waals surface area contributed by atoms with Crippen LogP contribution in [0.5, 0.6) is 5.75 Å². The number of ether oxygens (including phenoxy) is 3. The number of hydrogen-bond donors (Lipinski definition) is 1. The van der Waals surface area contributed by atoms with E-state index in [9.17, 15) is 4.79 Å². The SMILES string of the molecule is CC1(C)Oc2ccc(CC(=O)c3cccs3)cc2C2(COC(N)=N2)C12COC2. The summed E-state index contributed by atoms with van der Waals surface area (Å²) in [6.07, 6.45) is 0.330. The summed E-state index contributed by atoms with van der Waals surface area (Å²) in [5.41, 5.74) is 6.27. The lowest BCUT2D eigenvalue weighted by Gasteiger charge is -2.61. The zero-order chi connectivity index (χ0) is 19.6. The molecule has 146 valence electrons. The molecule has 2 spiro atoms. The van der Waals surface area contributed by atoms with Crippen LogP contribution in [0.25, 0.3) is 0 Å². The van der Waals surface area contributed by atoms with Gasteiger partial charge in [0.1, 0.15) is 23.5 Å². The summed E-state index contributed by atoms with van der Waals surface area (Å²) in [7, 11) is 0. The molecule has 1 saturated heterocycles. The number of carbonyl (C=O) groups excluding carboxylic acids is 1. The lowest BCUT2D eigenvalue weighted by molar-refractivity contribution is -0.247. The third-order valence-electron chi connectivity index (χ3n) is 6.39. The molecular formula is C21H22N2O4S. The fourth-order valence-corrected chi connectivity index (χ4v) is 5.31. The van der Waals surface area contributed by atoms with Crippen LogP contribution in [0.15, 0.2) is 40.7 Å². The summed E-state index contributed by atoms with van der Waals surface area (Å²) in [5.74, 6) is 0.866. The maximum absolute atomic E-state index is 12.6. The second-order valence-corrected chi connectivity index (χ2v) is 9.14. The molecule has 1 aromatic heterocycles. The van der Waals surface area contributed by atoms with E-state index >= 15 is 0 Å². The van der Waals surface area contributed by atoms with Crippen molar-refractivity contribution < 1.29 is 19.0 Å². The van der Waals surface area contributed by atoms with Gasteiger partial charge in [-0.05, 0) is 43.0 Å². The third kappa shape index (κ3) is 2.23. The smallest absolute Gasteiger partial charge is 0.283 e. The average Bonchev–Trinajstić information content (AvgIpc) is 3.25. The van der Waals surface area contributed by atoms with Crippen molar-refractivity contribution in [3.05, 3.63) is 51.7 Å².